The monoisotopic (exact) mass is 139 g/mol. The minimum absolute atomic E-state index is 0.402. The molecule has 0 atom stereocenters. The van der Waals surface area contributed by atoms with Crippen LogP contribution in [0.3, 0.4) is 0 Å². The predicted octanol–water partition coefficient (Wildman–Crippen LogP) is 1.38. The van der Waals surface area contributed by atoms with E-state index in [-0.39, 0.29) is 0 Å². The lowest BCUT2D eigenvalue weighted by Crippen LogP contribution is -2.04. The molecular weight excluding hydrogens is 126 g/mol. The molecule has 0 heterocycles. The van der Waals surface area contributed by atoms with Gasteiger partial charge in [-0.05, 0) is 6.42 Å². The average molecular weight is 139 g/mol. The van der Waals surface area contributed by atoms with Crippen LogP contribution in [-0.2, 0) is 4.79 Å². The van der Waals surface area contributed by atoms with E-state index in [2.05, 4.69) is 6.92 Å². The Balaban J connectivity index is 3.42. The summed E-state index contributed by atoms with van der Waals surface area (Å²) in [5, 5.41) is 0. The molecule has 0 aliphatic carbocycles. The van der Waals surface area contributed by atoms with Crippen LogP contribution in [0.2, 0.25) is 0 Å². The Labute approximate surface area is 61.4 Å². The van der Waals surface area contributed by atoms with Gasteiger partial charge in [0, 0.05) is 6.08 Å². The van der Waals surface area contributed by atoms with Crippen LogP contribution in [0.25, 0.3) is 0 Å². The fourth-order valence-electron chi connectivity index (χ4n) is 0.492. The maximum Gasteiger partial charge on any atom is 0.241 e. The highest BCUT2D eigenvalue weighted by Gasteiger charge is 1.76. The van der Waals surface area contributed by atoms with Crippen molar-refractivity contribution in [2.75, 3.05) is 0 Å². The zero-order valence-electron chi connectivity index (χ0n) is 6.21. The molecule has 0 aliphatic heterocycles. The largest absolute Gasteiger partial charge is 0.366 e. The molecule has 0 aliphatic rings. The maximum absolute atomic E-state index is 10.1. The Kier molecular flexibility index (Phi) is 5.44. The van der Waals surface area contributed by atoms with Crippen LogP contribution in [0.1, 0.15) is 19.8 Å². The normalized spacial score (nSPS) is 11.3. The Morgan fingerprint density at radius 3 is 2.70 bits per heavy atom. The van der Waals surface area contributed by atoms with Crippen LogP contribution in [0.5, 0.6) is 0 Å². The summed E-state index contributed by atoms with van der Waals surface area (Å²) < 4.78 is 0. The highest BCUT2D eigenvalue weighted by atomic mass is 16.1. The number of hydrogen-bond acceptors (Lipinski definition) is 1. The topological polar surface area (TPSA) is 43.1 Å². The van der Waals surface area contributed by atoms with Crippen LogP contribution < -0.4 is 5.73 Å². The number of allylic oxidation sites excluding steroid dienone is 3. The quantitative estimate of drug-likeness (QED) is 0.464. The van der Waals surface area contributed by atoms with Crippen molar-refractivity contribution in [3.8, 4) is 0 Å². The molecular formula is C8H13NO. The molecule has 0 aromatic carbocycles. The molecule has 0 radical (unpaired) electrons. The smallest absolute Gasteiger partial charge is 0.241 e. The van der Waals surface area contributed by atoms with Crippen LogP contribution in [-0.4, -0.2) is 5.91 Å². The zero-order chi connectivity index (χ0) is 7.82. The molecule has 0 saturated heterocycles. The van der Waals surface area contributed by atoms with Crippen LogP contribution in [0.4, 0.5) is 0 Å². The highest BCUT2D eigenvalue weighted by molar-refractivity contribution is 5.85. The van der Waals surface area contributed by atoms with Crippen molar-refractivity contribution < 1.29 is 4.79 Å². The minimum Gasteiger partial charge on any atom is -0.366 e. The van der Waals surface area contributed by atoms with Gasteiger partial charge in [0.1, 0.15) is 0 Å². The van der Waals surface area contributed by atoms with E-state index in [0.717, 1.165) is 12.8 Å². The zero-order valence-corrected chi connectivity index (χ0v) is 6.21. The molecule has 0 rings (SSSR count). The van der Waals surface area contributed by atoms with Gasteiger partial charge in [-0.15, -0.1) is 0 Å². The Bertz CT molecular complexity index is 147. The van der Waals surface area contributed by atoms with E-state index < -0.39 is 5.91 Å². The number of carbonyl (C=O) groups is 1. The van der Waals surface area contributed by atoms with Crippen molar-refractivity contribution in [3.05, 3.63) is 24.3 Å². The van der Waals surface area contributed by atoms with E-state index in [1.807, 2.05) is 12.2 Å². The third-order valence-corrected chi connectivity index (χ3v) is 0.963. The van der Waals surface area contributed by atoms with Gasteiger partial charge < -0.3 is 5.73 Å². The van der Waals surface area contributed by atoms with Gasteiger partial charge in [0.15, 0.2) is 0 Å². The lowest BCUT2D eigenvalue weighted by molar-refractivity contribution is -0.113. The second kappa shape index (κ2) is 6.08. The second-order valence-electron chi connectivity index (χ2n) is 1.98. The number of amides is 1. The fraction of sp³-hybridized carbons (Fsp3) is 0.375. The predicted molar refractivity (Wildman–Crippen MR) is 42.4 cm³/mol. The van der Waals surface area contributed by atoms with Crippen molar-refractivity contribution in [2.45, 2.75) is 19.8 Å². The summed E-state index contributed by atoms with van der Waals surface area (Å²) in [5.74, 6) is -0.402. The van der Waals surface area contributed by atoms with Crippen molar-refractivity contribution in [1.29, 1.82) is 0 Å². The number of unbranched alkanes of at least 4 members (excludes halogenated alkanes) is 1. The molecule has 0 aromatic heterocycles. The number of hydrogen-bond donors (Lipinski definition) is 1. The number of carbonyl (C=O) groups excluding carboxylic acids is 1. The van der Waals surface area contributed by atoms with Crippen molar-refractivity contribution in [1.82, 2.24) is 0 Å². The third kappa shape index (κ3) is 6.95. The Morgan fingerprint density at radius 1 is 1.50 bits per heavy atom. The van der Waals surface area contributed by atoms with E-state index in [1.165, 1.54) is 6.08 Å². The lowest BCUT2D eigenvalue weighted by atomic mass is 10.3. The molecule has 2 nitrogen and oxygen atoms in total. The summed E-state index contributed by atoms with van der Waals surface area (Å²) in [4.78, 5) is 10.1. The first-order valence-electron chi connectivity index (χ1n) is 3.40. The number of primary amides is 1. The molecule has 2 heteroatoms. The molecule has 0 unspecified atom stereocenters. The summed E-state index contributed by atoms with van der Waals surface area (Å²) in [5.41, 5.74) is 4.85. The van der Waals surface area contributed by atoms with E-state index in [0.29, 0.717) is 0 Å². The van der Waals surface area contributed by atoms with Crippen LogP contribution in [0, 0.1) is 0 Å². The highest BCUT2D eigenvalue weighted by Crippen LogP contribution is 1.88. The molecule has 0 spiro atoms. The van der Waals surface area contributed by atoms with Gasteiger partial charge >= 0.3 is 0 Å². The fourth-order valence-corrected chi connectivity index (χ4v) is 0.492. The van der Waals surface area contributed by atoms with Gasteiger partial charge in [-0.1, -0.05) is 31.6 Å². The molecule has 2 N–H and O–H groups in total. The van der Waals surface area contributed by atoms with E-state index in [4.69, 9.17) is 5.73 Å². The van der Waals surface area contributed by atoms with Gasteiger partial charge in [-0.3, -0.25) is 4.79 Å². The molecule has 10 heavy (non-hydrogen) atoms. The van der Waals surface area contributed by atoms with E-state index in [1.54, 1.807) is 6.08 Å². The van der Waals surface area contributed by atoms with Crippen LogP contribution >= 0.6 is 0 Å². The van der Waals surface area contributed by atoms with Gasteiger partial charge in [0.05, 0.1) is 0 Å². The molecule has 0 saturated carbocycles. The van der Waals surface area contributed by atoms with E-state index >= 15 is 0 Å². The molecule has 56 valence electrons. The Hall–Kier alpha value is -1.05. The standard InChI is InChI=1S/C8H13NO/c1-2-3-4-5-6-7-8(9)10/h4-7H,2-3H2,1H3,(H2,9,10)/b5-4+,7-6+. The van der Waals surface area contributed by atoms with Gasteiger partial charge in [0.25, 0.3) is 0 Å². The average Bonchev–Trinajstić information content (AvgIpc) is 1.87. The molecule has 0 fully saturated rings. The molecule has 0 aromatic rings. The molecule has 0 bridgehead atoms. The maximum atomic E-state index is 10.1. The first kappa shape index (κ1) is 8.95. The SMILES string of the molecule is CCC/C=C/C=C/C(N)=O. The summed E-state index contributed by atoms with van der Waals surface area (Å²) in [7, 11) is 0. The summed E-state index contributed by atoms with van der Waals surface area (Å²) in [6.45, 7) is 2.10. The molecule has 1 amide bonds. The Morgan fingerprint density at radius 2 is 2.20 bits per heavy atom. The van der Waals surface area contributed by atoms with Gasteiger partial charge in [-0.2, -0.15) is 0 Å². The number of nitrogens with two attached hydrogens (primary N) is 1. The second-order valence-corrected chi connectivity index (χ2v) is 1.98. The van der Waals surface area contributed by atoms with Crippen molar-refractivity contribution in [2.24, 2.45) is 5.73 Å². The summed E-state index contributed by atoms with van der Waals surface area (Å²) >= 11 is 0. The minimum atomic E-state index is -0.402. The van der Waals surface area contributed by atoms with Crippen molar-refractivity contribution >= 4 is 5.91 Å². The van der Waals surface area contributed by atoms with Gasteiger partial charge in [0.2, 0.25) is 5.91 Å². The van der Waals surface area contributed by atoms with Gasteiger partial charge in [-0.25, -0.2) is 0 Å². The summed E-state index contributed by atoms with van der Waals surface area (Å²) in [6.07, 6.45) is 8.99. The number of rotatable bonds is 4. The lowest BCUT2D eigenvalue weighted by Gasteiger charge is -1.79. The third-order valence-electron chi connectivity index (χ3n) is 0.963. The first-order chi connectivity index (χ1) is 4.77. The first-order valence-corrected chi connectivity index (χ1v) is 3.40. The van der Waals surface area contributed by atoms with Crippen LogP contribution in [0.15, 0.2) is 24.3 Å². The van der Waals surface area contributed by atoms with Crippen molar-refractivity contribution in [3.63, 3.8) is 0 Å². The van der Waals surface area contributed by atoms with E-state index in [9.17, 15) is 4.79 Å². The summed E-state index contributed by atoms with van der Waals surface area (Å²) in [6, 6.07) is 0.